The first-order valence-corrected chi connectivity index (χ1v) is 10.5. The fourth-order valence-electron chi connectivity index (χ4n) is 4.56. The predicted molar refractivity (Wildman–Crippen MR) is 111 cm³/mol. The molecule has 2 saturated heterocycles. The number of nitrogens with zero attached hydrogens (tertiary/aromatic N) is 2. The minimum Gasteiger partial charge on any atom is -0.333 e. The van der Waals surface area contributed by atoms with Crippen LogP contribution < -0.4 is 4.90 Å². The number of halogens is 1. The summed E-state index contributed by atoms with van der Waals surface area (Å²) in [5, 5.41) is 0. The first kappa shape index (κ1) is 19.6. The Labute approximate surface area is 171 Å². The molecular formula is C24H27FN2O2. The molecule has 2 fully saturated rings. The zero-order valence-corrected chi connectivity index (χ0v) is 16.8. The molecule has 2 aliphatic heterocycles. The van der Waals surface area contributed by atoms with Gasteiger partial charge in [0.2, 0.25) is 5.91 Å². The third-order valence-electron chi connectivity index (χ3n) is 6.20. The summed E-state index contributed by atoms with van der Waals surface area (Å²) < 4.78 is 13.1. The molecule has 29 heavy (non-hydrogen) atoms. The highest BCUT2D eigenvalue weighted by atomic mass is 19.1. The minimum atomic E-state index is -0.223. The van der Waals surface area contributed by atoms with Gasteiger partial charge in [-0.05, 0) is 81.0 Å². The fraction of sp³-hybridized carbons (Fsp3) is 0.417. The van der Waals surface area contributed by atoms with E-state index in [-0.39, 0.29) is 29.7 Å². The Hall–Kier alpha value is -2.69. The number of hydrogen-bond donors (Lipinski definition) is 0. The topological polar surface area (TPSA) is 40.6 Å². The van der Waals surface area contributed by atoms with Gasteiger partial charge in [-0.1, -0.05) is 12.1 Å². The monoisotopic (exact) mass is 394 g/mol. The highest BCUT2D eigenvalue weighted by Gasteiger charge is 2.34. The zero-order chi connectivity index (χ0) is 20.4. The minimum absolute atomic E-state index is 0.0541. The van der Waals surface area contributed by atoms with Crippen molar-refractivity contribution >= 4 is 17.5 Å². The van der Waals surface area contributed by atoms with Gasteiger partial charge in [0.1, 0.15) is 5.82 Å². The van der Waals surface area contributed by atoms with Crippen LogP contribution in [0.5, 0.6) is 0 Å². The van der Waals surface area contributed by atoms with E-state index in [9.17, 15) is 14.0 Å². The third kappa shape index (κ3) is 4.19. The summed E-state index contributed by atoms with van der Waals surface area (Å²) in [6.07, 6.45) is 5.19. The molecule has 0 unspecified atom stereocenters. The normalized spacial score (nSPS) is 21.8. The molecule has 5 heteroatoms. The molecule has 2 atom stereocenters. The van der Waals surface area contributed by atoms with E-state index in [2.05, 4.69) is 6.92 Å². The Kier molecular flexibility index (Phi) is 5.65. The van der Waals surface area contributed by atoms with Gasteiger partial charge in [0.05, 0.1) is 0 Å². The average molecular weight is 394 g/mol. The largest absolute Gasteiger partial charge is 0.333 e. The van der Waals surface area contributed by atoms with Crippen LogP contribution in [0, 0.1) is 5.82 Å². The summed E-state index contributed by atoms with van der Waals surface area (Å²) in [7, 11) is 0. The van der Waals surface area contributed by atoms with Crippen LogP contribution in [0.2, 0.25) is 0 Å². The van der Waals surface area contributed by atoms with E-state index in [0.29, 0.717) is 12.0 Å². The Morgan fingerprint density at radius 1 is 1.07 bits per heavy atom. The fourth-order valence-corrected chi connectivity index (χ4v) is 4.56. The van der Waals surface area contributed by atoms with Gasteiger partial charge in [-0.2, -0.15) is 0 Å². The maximum absolute atomic E-state index is 13.2. The van der Waals surface area contributed by atoms with Gasteiger partial charge in [0, 0.05) is 36.3 Å². The molecule has 2 heterocycles. The maximum atomic E-state index is 13.2. The lowest BCUT2D eigenvalue weighted by Crippen LogP contribution is -2.40. The molecule has 2 aliphatic rings. The van der Waals surface area contributed by atoms with Crippen molar-refractivity contribution < 1.29 is 14.0 Å². The lowest BCUT2D eigenvalue weighted by Gasteiger charge is -2.29. The van der Waals surface area contributed by atoms with E-state index in [0.717, 1.165) is 49.9 Å². The van der Waals surface area contributed by atoms with Crippen LogP contribution in [0.25, 0.3) is 0 Å². The molecule has 0 aromatic heterocycles. The Balaban J connectivity index is 1.44. The van der Waals surface area contributed by atoms with Gasteiger partial charge in [0.25, 0.3) is 5.91 Å². The van der Waals surface area contributed by atoms with Crippen molar-refractivity contribution in [2.45, 2.75) is 57.5 Å². The number of aryl methyl sites for hydroxylation is 1. The third-order valence-corrected chi connectivity index (χ3v) is 6.20. The zero-order valence-electron chi connectivity index (χ0n) is 16.8. The molecule has 0 radical (unpaired) electrons. The summed E-state index contributed by atoms with van der Waals surface area (Å²) in [6.45, 7) is 2.85. The molecule has 0 N–H and O–H groups in total. The van der Waals surface area contributed by atoms with Gasteiger partial charge in [-0.15, -0.1) is 0 Å². The number of rotatable bonds is 5. The number of benzene rings is 2. The van der Waals surface area contributed by atoms with Crippen molar-refractivity contribution in [1.82, 2.24) is 4.90 Å². The average Bonchev–Trinajstić information content (AvgIpc) is 3.32. The number of anilines is 1. The van der Waals surface area contributed by atoms with E-state index in [4.69, 9.17) is 0 Å². The van der Waals surface area contributed by atoms with Crippen molar-refractivity contribution in [3.63, 3.8) is 0 Å². The molecular weight excluding hydrogens is 367 g/mol. The number of hydrogen-bond acceptors (Lipinski definition) is 2. The standard InChI is InChI=1S/C24H27FN2O2/c1-17-4-12-22(13-7-18-5-10-20(25)11-6-18)27(17)24(29)19-8-14-21(15-9-19)26-16-2-3-23(26)28/h5-6,8-11,14-15,17,22H,2-4,7,12-13,16H2,1H3/t17-,22-/m1/s1. The van der Waals surface area contributed by atoms with Gasteiger partial charge in [0.15, 0.2) is 0 Å². The smallest absolute Gasteiger partial charge is 0.254 e. The summed E-state index contributed by atoms with van der Waals surface area (Å²) in [6, 6.07) is 14.5. The highest BCUT2D eigenvalue weighted by molar-refractivity contribution is 5.97. The Bertz CT molecular complexity index is 879. The molecule has 0 aliphatic carbocycles. The molecule has 0 saturated carbocycles. The SMILES string of the molecule is C[C@@H]1CC[C@H](CCc2ccc(F)cc2)N1C(=O)c1ccc(N2CCCC2=O)cc1. The molecule has 4 nitrogen and oxygen atoms in total. The van der Waals surface area contributed by atoms with E-state index in [1.54, 1.807) is 4.90 Å². The van der Waals surface area contributed by atoms with Crippen LogP contribution in [-0.4, -0.2) is 35.3 Å². The highest BCUT2D eigenvalue weighted by Crippen LogP contribution is 2.30. The van der Waals surface area contributed by atoms with Crippen molar-refractivity contribution in [2.75, 3.05) is 11.4 Å². The van der Waals surface area contributed by atoms with Crippen molar-refractivity contribution in [3.8, 4) is 0 Å². The number of amides is 2. The lowest BCUT2D eigenvalue weighted by molar-refractivity contribution is -0.117. The maximum Gasteiger partial charge on any atom is 0.254 e. The molecule has 4 rings (SSSR count). The molecule has 0 bridgehead atoms. The van der Waals surface area contributed by atoms with E-state index < -0.39 is 0 Å². The van der Waals surface area contributed by atoms with Crippen LogP contribution in [0.1, 0.15) is 54.9 Å². The first-order valence-electron chi connectivity index (χ1n) is 10.5. The Morgan fingerprint density at radius 3 is 2.45 bits per heavy atom. The van der Waals surface area contributed by atoms with Gasteiger partial charge < -0.3 is 9.80 Å². The van der Waals surface area contributed by atoms with Crippen LogP contribution >= 0.6 is 0 Å². The summed E-state index contributed by atoms with van der Waals surface area (Å²) in [5.74, 6) is -0.0179. The second-order valence-electron chi connectivity index (χ2n) is 8.15. The quantitative estimate of drug-likeness (QED) is 0.745. The second kappa shape index (κ2) is 8.36. The van der Waals surface area contributed by atoms with E-state index >= 15 is 0 Å². The number of carbonyl (C=O) groups excluding carboxylic acids is 2. The van der Waals surface area contributed by atoms with Crippen molar-refractivity contribution in [1.29, 1.82) is 0 Å². The molecule has 0 spiro atoms. The lowest BCUT2D eigenvalue weighted by atomic mass is 10.0. The van der Waals surface area contributed by atoms with Crippen LogP contribution in [0.15, 0.2) is 48.5 Å². The van der Waals surface area contributed by atoms with E-state index in [1.165, 1.54) is 12.1 Å². The van der Waals surface area contributed by atoms with Gasteiger partial charge in [-0.25, -0.2) is 4.39 Å². The molecule has 2 amide bonds. The van der Waals surface area contributed by atoms with Crippen molar-refractivity contribution in [3.05, 3.63) is 65.5 Å². The van der Waals surface area contributed by atoms with Crippen LogP contribution in [0.3, 0.4) is 0 Å². The molecule has 2 aromatic carbocycles. The summed E-state index contributed by atoms with van der Waals surface area (Å²) >= 11 is 0. The van der Waals surface area contributed by atoms with Crippen LogP contribution in [-0.2, 0) is 11.2 Å². The number of carbonyl (C=O) groups is 2. The van der Waals surface area contributed by atoms with Crippen molar-refractivity contribution in [2.24, 2.45) is 0 Å². The van der Waals surface area contributed by atoms with E-state index in [1.807, 2.05) is 41.3 Å². The molecule has 2 aromatic rings. The second-order valence-corrected chi connectivity index (χ2v) is 8.15. The van der Waals surface area contributed by atoms with Gasteiger partial charge in [-0.3, -0.25) is 9.59 Å². The first-order chi connectivity index (χ1) is 14.0. The van der Waals surface area contributed by atoms with Gasteiger partial charge >= 0.3 is 0 Å². The summed E-state index contributed by atoms with van der Waals surface area (Å²) in [4.78, 5) is 28.9. The number of likely N-dealkylation sites (tertiary alicyclic amines) is 1. The molecule has 152 valence electrons. The summed E-state index contributed by atoms with van der Waals surface area (Å²) in [5.41, 5.74) is 2.63. The predicted octanol–water partition coefficient (Wildman–Crippen LogP) is 4.58. The Morgan fingerprint density at radius 2 is 1.79 bits per heavy atom. The van der Waals surface area contributed by atoms with Crippen LogP contribution in [0.4, 0.5) is 10.1 Å².